The van der Waals surface area contributed by atoms with Crippen LogP contribution in [-0.4, -0.2) is 9.97 Å². The molecule has 0 amide bonds. The SMILES string of the molecule is [2H]c1c[nH]c2cnc(Cl)cc12. The molecule has 2 rings (SSSR count). The van der Waals surface area contributed by atoms with Gasteiger partial charge in [-0.1, -0.05) is 11.6 Å². The van der Waals surface area contributed by atoms with Crippen molar-refractivity contribution in [2.45, 2.75) is 0 Å². The summed E-state index contributed by atoms with van der Waals surface area (Å²) in [6.07, 6.45) is 3.23. The van der Waals surface area contributed by atoms with E-state index in [0.29, 0.717) is 11.2 Å². The number of rotatable bonds is 0. The second-order valence-corrected chi connectivity index (χ2v) is 2.37. The number of halogens is 1. The van der Waals surface area contributed by atoms with Crippen LogP contribution >= 0.6 is 11.6 Å². The monoisotopic (exact) mass is 153 g/mol. The van der Waals surface area contributed by atoms with Gasteiger partial charge in [0.05, 0.1) is 13.1 Å². The number of fused-ring (bicyclic) bond motifs is 1. The van der Waals surface area contributed by atoms with Crippen molar-refractivity contribution in [3.8, 4) is 0 Å². The Morgan fingerprint density at radius 2 is 2.60 bits per heavy atom. The number of nitrogens with zero attached hydrogens (tertiary/aromatic N) is 1. The summed E-state index contributed by atoms with van der Waals surface area (Å²) in [5.74, 6) is 0. The van der Waals surface area contributed by atoms with Gasteiger partial charge in [-0.3, -0.25) is 0 Å². The van der Waals surface area contributed by atoms with Crippen LogP contribution in [0.3, 0.4) is 0 Å². The van der Waals surface area contributed by atoms with Crippen LogP contribution in [0.1, 0.15) is 1.37 Å². The third kappa shape index (κ3) is 0.772. The van der Waals surface area contributed by atoms with Gasteiger partial charge in [0.25, 0.3) is 0 Å². The van der Waals surface area contributed by atoms with Crippen molar-refractivity contribution in [2.75, 3.05) is 0 Å². The Morgan fingerprint density at radius 1 is 1.70 bits per heavy atom. The molecule has 2 nitrogen and oxygen atoms in total. The minimum Gasteiger partial charge on any atom is -0.360 e. The molecule has 0 atom stereocenters. The fourth-order valence-corrected chi connectivity index (χ4v) is 1.01. The van der Waals surface area contributed by atoms with Crippen LogP contribution < -0.4 is 0 Å². The van der Waals surface area contributed by atoms with Gasteiger partial charge in [0.1, 0.15) is 5.15 Å². The summed E-state index contributed by atoms with van der Waals surface area (Å²) >= 11 is 5.64. The Bertz CT molecular complexity index is 396. The van der Waals surface area contributed by atoms with E-state index in [4.69, 9.17) is 13.0 Å². The number of hydrogen-bond donors (Lipinski definition) is 1. The van der Waals surface area contributed by atoms with Gasteiger partial charge in [-0.25, -0.2) is 4.98 Å². The van der Waals surface area contributed by atoms with E-state index in [0.717, 1.165) is 10.9 Å². The average molecular weight is 154 g/mol. The van der Waals surface area contributed by atoms with E-state index >= 15 is 0 Å². The first kappa shape index (κ1) is 4.74. The molecule has 0 unspecified atom stereocenters. The molecule has 0 aliphatic rings. The lowest BCUT2D eigenvalue weighted by molar-refractivity contribution is 1.34. The van der Waals surface area contributed by atoms with Crippen molar-refractivity contribution in [1.82, 2.24) is 9.97 Å². The van der Waals surface area contributed by atoms with Gasteiger partial charge in [0, 0.05) is 11.6 Å². The smallest absolute Gasteiger partial charge is 0.129 e. The maximum atomic E-state index is 7.42. The normalized spacial score (nSPS) is 11.9. The van der Waals surface area contributed by atoms with Gasteiger partial charge in [-0.15, -0.1) is 0 Å². The Hall–Kier alpha value is -1.02. The number of hydrogen-bond acceptors (Lipinski definition) is 1. The first-order valence-electron chi connectivity index (χ1n) is 3.36. The molecule has 1 N–H and O–H groups in total. The largest absolute Gasteiger partial charge is 0.360 e. The Labute approximate surface area is 64.3 Å². The van der Waals surface area contributed by atoms with Crippen molar-refractivity contribution in [3.05, 3.63) is 29.7 Å². The predicted molar refractivity (Wildman–Crippen MR) is 41.1 cm³/mol. The lowest BCUT2D eigenvalue weighted by atomic mass is 10.3. The van der Waals surface area contributed by atoms with Crippen molar-refractivity contribution in [2.24, 2.45) is 0 Å². The number of pyridine rings is 1. The van der Waals surface area contributed by atoms with Crippen LogP contribution in [0.4, 0.5) is 0 Å². The minimum absolute atomic E-state index is 0.422. The van der Waals surface area contributed by atoms with E-state index in [1.807, 2.05) is 0 Å². The molecule has 2 aromatic rings. The van der Waals surface area contributed by atoms with E-state index in [1.54, 1.807) is 18.5 Å². The minimum atomic E-state index is 0.422. The van der Waals surface area contributed by atoms with E-state index in [-0.39, 0.29) is 0 Å². The van der Waals surface area contributed by atoms with Crippen LogP contribution in [0.5, 0.6) is 0 Å². The molecular weight excluding hydrogens is 148 g/mol. The fraction of sp³-hybridized carbons (Fsp3) is 0. The Kier molecular flexibility index (Phi) is 0.944. The van der Waals surface area contributed by atoms with E-state index in [2.05, 4.69) is 9.97 Å². The first-order chi connectivity index (χ1) is 5.27. The molecular formula is C7H5ClN2. The summed E-state index contributed by atoms with van der Waals surface area (Å²) in [6.45, 7) is 0. The van der Waals surface area contributed by atoms with Gasteiger partial charge < -0.3 is 4.98 Å². The Balaban J connectivity index is 2.87. The van der Waals surface area contributed by atoms with E-state index < -0.39 is 0 Å². The molecule has 50 valence electrons. The zero-order valence-electron chi connectivity index (χ0n) is 6.06. The highest BCUT2D eigenvalue weighted by molar-refractivity contribution is 6.30. The number of aromatic nitrogens is 2. The van der Waals surface area contributed by atoms with Crippen molar-refractivity contribution >= 4 is 22.5 Å². The maximum absolute atomic E-state index is 7.42. The molecule has 0 radical (unpaired) electrons. The highest BCUT2D eigenvalue weighted by Crippen LogP contribution is 2.14. The zero-order valence-corrected chi connectivity index (χ0v) is 5.81. The third-order valence-electron chi connectivity index (χ3n) is 1.33. The molecule has 2 aromatic heterocycles. The van der Waals surface area contributed by atoms with Crippen LogP contribution in [-0.2, 0) is 0 Å². The van der Waals surface area contributed by atoms with Gasteiger partial charge in [0.2, 0.25) is 0 Å². The quantitative estimate of drug-likeness (QED) is 0.578. The Morgan fingerprint density at radius 3 is 3.50 bits per heavy atom. The molecule has 0 aliphatic carbocycles. The molecule has 2 heterocycles. The molecule has 0 saturated carbocycles. The second kappa shape index (κ2) is 1.99. The summed E-state index contributed by atoms with van der Waals surface area (Å²) in [5.41, 5.74) is 0.847. The number of aromatic amines is 1. The van der Waals surface area contributed by atoms with Crippen molar-refractivity contribution < 1.29 is 1.37 Å². The molecule has 10 heavy (non-hydrogen) atoms. The molecule has 0 spiro atoms. The summed E-state index contributed by atoms with van der Waals surface area (Å²) in [4.78, 5) is 6.78. The molecule has 0 bridgehead atoms. The van der Waals surface area contributed by atoms with E-state index in [1.165, 1.54) is 0 Å². The average Bonchev–Trinajstić information content (AvgIpc) is 2.33. The maximum Gasteiger partial charge on any atom is 0.129 e. The number of nitrogens with one attached hydrogen (secondary N) is 1. The van der Waals surface area contributed by atoms with Crippen LogP contribution in [0.15, 0.2) is 24.5 Å². The number of H-pyrrole nitrogens is 1. The fourth-order valence-electron chi connectivity index (χ4n) is 0.856. The summed E-state index contributed by atoms with van der Waals surface area (Å²) in [5, 5.41) is 1.23. The third-order valence-corrected chi connectivity index (χ3v) is 1.53. The second-order valence-electron chi connectivity index (χ2n) is 1.99. The summed E-state index contributed by atoms with van der Waals surface area (Å²) in [6, 6.07) is 2.12. The highest BCUT2D eigenvalue weighted by Gasteiger charge is 1.93. The van der Waals surface area contributed by atoms with Crippen LogP contribution in [0, 0.1) is 0 Å². The van der Waals surface area contributed by atoms with Gasteiger partial charge >= 0.3 is 0 Å². The van der Waals surface area contributed by atoms with Crippen LogP contribution in [0.25, 0.3) is 10.9 Å². The van der Waals surface area contributed by atoms with Gasteiger partial charge in [-0.2, -0.15) is 0 Å². The van der Waals surface area contributed by atoms with Gasteiger partial charge in [0.15, 0.2) is 0 Å². The van der Waals surface area contributed by atoms with Crippen molar-refractivity contribution in [1.29, 1.82) is 0 Å². The van der Waals surface area contributed by atoms with Crippen molar-refractivity contribution in [3.63, 3.8) is 0 Å². The molecule has 0 saturated heterocycles. The lowest BCUT2D eigenvalue weighted by Gasteiger charge is -1.87. The molecule has 0 aliphatic heterocycles. The predicted octanol–water partition coefficient (Wildman–Crippen LogP) is 2.22. The summed E-state index contributed by atoms with van der Waals surface area (Å²) < 4.78 is 7.42. The highest BCUT2D eigenvalue weighted by atomic mass is 35.5. The molecule has 0 aromatic carbocycles. The lowest BCUT2D eigenvalue weighted by Crippen LogP contribution is -1.72. The first-order valence-corrected chi connectivity index (χ1v) is 3.24. The zero-order chi connectivity index (χ0) is 7.84. The summed E-state index contributed by atoms with van der Waals surface area (Å²) in [7, 11) is 0. The molecule has 0 fully saturated rings. The topological polar surface area (TPSA) is 28.7 Å². The van der Waals surface area contributed by atoms with Gasteiger partial charge in [-0.05, 0) is 12.1 Å². The van der Waals surface area contributed by atoms with Crippen LogP contribution in [0.2, 0.25) is 5.15 Å². The standard InChI is InChI=1S/C7H5ClN2/c8-7-3-5-1-2-9-6(5)4-10-7/h1-4,9H/i1D. The molecule has 3 heteroatoms. The van der Waals surface area contributed by atoms with E-state index in [9.17, 15) is 0 Å².